The second-order valence-corrected chi connectivity index (χ2v) is 6.47. The summed E-state index contributed by atoms with van der Waals surface area (Å²) in [6.45, 7) is -0.00615. The third kappa shape index (κ3) is 3.27. The molecule has 0 aliphatic carbocycles. The van der Waals surface area contributed by atoms with E-state index in [9.17, 15) is 13.2 Å². The van der Waals surface area contributed by atoms with E-state index in [2.05, 4.69) is 20.7 Å². The fourth-order valence-electron chi connectivity index (χ4n) is 1.50. The molecule has 8 heteroatoms. The molecule has 2 aromatic rings. The molecule has 0 unspecified atom stereocenters. The number of carbonyl (C=O) groups is 1. The average Bonchev–Trinajstić information content (AvgIpc) is 2.89. The van der Waals surface area contributed by atoms with Crippen molar-refractivity contribution in [1.29, 1.82) is 0 Å². The summed E-state index contributed by atoms with van der Waals surface area (Å²) in [5.41, 5.74) is -0.120. The van der Waals surface area contributed by atoms with Crippen LogP contribution in [-0.4, -0.2) is 19.5 Å². The maximum absolute atomic E-state index is 12.1. The van der Waals surface area contributed by atoms with Gasteiger partial charge in [-0.05, 0) is 46.3 Å². The molecule has 0 amide bonds. The molecule has 106 valence electrons. The highest BCUT2D eigenvalue weighted by atomic mass is 79.9. The largest absolute Gasteiger partial charge is 0.478 e. The van der Waals surface area contributed by atoms with E-state index >= 15 is 0 Å². The Bertz CT molecular complexity index is 724. The Balaban J connectivity index is 2.25. The molecule has 0 spiro atoms. The van der Waals surface area contributed by atoms with Gasteiger partial charge in [0.25, 0.3) is 0 Å². The molecule has 0 saturated carbocycles. The number of benzene rings is 1. The zero-order valence-corrected chi connectivity index (χ0v) is 12.4. The molecule has 0 saturated heterocycles. The normalized spacial score (nSPS) is 11.4. The second kappa shape index (κ2) is 5.78. The molecule has 0 aliphatic rings. The zero-order chi connectivity index (χ0) is 14.8. The van der Waals surface area contributed by atoms with Gasteiger partial charge >= 0.3 is 5.97 Å². The molecule has 1 aromatic carbocycles. The molecule has 0 radical (unpaired) electrons. The van der Waals surface area contributed by atoms with E-state index in [0.29, 0.717) is 10.2 Å². The van der Waals surface area contributed by atoms with Crippen LogP contribution in [0.2, 0.25) is 0 Å². The number of sulfonamides is 1. The molecule has 1 aromatic heterocycles. The number of furan rings is 1. The topological polar surface area (TPSA) is 96.6 Å². The number of carboxylic acids is 1. The third-order valence-corrected chi connectivity index (χ3v) is 4.59. The van der Waals surface area contributed by atoms with Gasteiger partial charge in [-0.2, -0.15) is 0 Å². The molecule has 0 aliphatic heterocycles. The van der Waals surface area contributed by atoms with Crippen LogP contribution in [-0.2, 0) is 16.6 Å². The fraction of sp³-hybridized carbons (Fsp3) is 0.0833. The highest BCUT2D eigenvalue weighted by Gasteiger charge is 2.18. The average molecular weight is 360 g/mol. The SMILES string of the molecule is O=C(O)c1cc(S(=O)(=O)NCc2ccco2)ccc1Br. The van der Waals surface area contributed by atoms with Crippen molar-refractivity contribution in [3.63, 3.8) is 0 Å². The lowest BCUT2D eigenvalue weighted by Gasteiger charge is -2.07. The number of hydrogen-bond acceptors (Lipinski definition) is 4. The Labute approximate surface area is 123 Å². The van der Waals surface area contributed by atoms with Gasteiger partial charge in [-0.3, -0.25) is 0 Å². The van der Waals surface area contributed by atoms with Crippen LogP contribution >= 0.6 is 15.9 Å². The van der Waals surface area contributed by atoms with Crippen LogP contribution in [0.25, 0.3) is 0 Å². The highest BCUT2D eigenvalue weighted by molar-refractivity contribution is 9.10. The number of nitrogens with one attached hydrogen (secondary N) is 1. The summed E-state index contributed by atoms with van der Waals surface area (Å²) < 4.78 is 31.8. The summed E-state index contributed by atoms with van der Waals surface area (Å²) in [6, 6.07) is 7.07. The van der Waals surface area contributed by atoms with Gasteiger partial charge in [0.05, 0.1) is 23.3 Å². The molecular weight excluding hydrogens is 350 g/mol. The second-order valence-electron chi connectivity index (χ2n) is 3.85. The summed E-state index contributed by atoms with van der Waals surface area (Å²) in [5.74, 6) is -0.746. The molecule has 0 fully saturated rings. The van der Waals surface area contributed by atoms with Gasteiger partial charge in [-0.1, -0.05) is 0 Å². The first-order valence-corrected chi connectivity index (χ1v) is 7.72. The monoisotopic (exact) mass is 359 g/mol. The van der Waals surface area contributed by atoms with Gasteiger partial charge in [-0.15, -0.1) is 0 Å². The van der Waals surface area contributed by atoms with Crippen molar-refractivity contribution in [2.45, 2.75) is 11.4 Å². The van der Waals surface area contributed by atoms with Crippen molar-refractivity contribution in [3.8, 4) is 0 Å². The highest BCUT2D eigenvalue weighted by Crippen LogP contribution is 2.21. The van der Waals surface area contributed by atoms with Crippen LogP contribution in [0.15, 0.2) is 50.4 Å². The molecule has 2 rings (SSSR count). The van der Waals surface area contributed by atoms with Crippen molar-refractivity contribution >= 4 is 31.9 Å². The predicted molar refractivity (Wildman–Crippen MR) is 73.8 cm³/mol. The summed E-state index contributed by atoms with van der Waals surface area (Å²) in [7, 11) is -3.80. The zero-order valence-electron chi connectivity index (χ0n) is 10.0. The van der Waals surface area contributed by atoms with Gasteiger partial charge < -0.3 is 9.52 Å². The fourth-order valence-corrected chi connectivity index (χ4v) is 2.93. The number of hydrogen-bond donors (Lipinski definition) is 2. The van der Waals surface area contributed by atoms with Crippen LogP contribution in [0.1, 0.15) is 16.1 Å². The first-order valence-electron chi connectivity index (χ1n) is 5.45. The molecular formula is C12H10BrNO5S. The first-order chi connectivity index (χ1) is 9.40. The van der Waals surface area contributed by atoms with Crippen molar-refractivity contribution in [1.82, 2.24) is 4.72 Å². The summed E-state index contributed by atoms with van der Waals surface area (Å²) in [6.07, 6.45) is 1.44. The Morgan fingerprint density at radius 2 is 2.10 bits per heavy atom. The number of aromatic carboxylic acids is 1. The van der Waals surface area contributed by atoms with Crippen LogP contribution in [0.4, 0.5) is 0 Å². The smallest absolute Gasteiger partial charge is 0.336 e. The van der Waals surface area contributed by atoms with E-state index < -0.39 is 16.0 Å². The minimum Gasteiger partial charge on any atom is -0.478 e. The minimum absolute atomic E-state index is 0.00615. The van der Waals surface area contributed by atoms with Crippen molar-refractivity contribution in [2.75, 3.05) is 0 Å². The van der Waals surface area contributed by atoms with E-state index in [0.717, 1.165) is 6.07 Å². The molecule has 20 heavy (non-hydrogen) atoms. The van der Waals surface area contributed by atoms with E-state index in [-0.39, 0.29) is 17.0 Å². The van der Waals surface area contributed by atoms with E-state index in [1.807, 2.05) is 0 Å². The first kappa shape index (κ1) is 14.8. The quantitative estimate of drug-likeness (QED) is 0.852. The minimum atomic E-state index is -3.80. The summed E-state index contributed by atoms with van der Waals surface area (Å²) in [4.78, 5) is 10.9. The Morgan fingerprint density at radius 3 is 2.70 bits per heavy atom. The van der Waals surface area contributed by atoms with Gasteiger partial charge in [0, 0.05) is 4.47 Å². The maximum atomic E-state index is 12.1. The van der Waals surface area contributed by atoms with Gasteiger partial charge in [0.2, 0.25) is 10.0 Å². The van der Waals surface area contributed by atoms with Gasteiger partial charge in [-0.25, -0.2) is 17.9 Å². The van der Waals surface area contributed by atoms with Crippen LogP contribution in [0, 0.1) is 0 Å². The van der Waals surface area contributed by atoms with Crippen LogP contribution in [0.5, 0.6) is 0 Å². The molecule has 1 heterocycles. The van der Waals surface area contributed by atoms with Gasteiger partial charge in [0.15, 0.2) is 0 Å². The number of carboxylic acid groups (broad SMARTS) is 1. The van der Waals surface area contributed by atoms with E-state index in [4.69, 9.17) is 9.52 Å². The lowest BCUT2D eigenvalue weighted by Crippen LogP contribution is -2.23. The summed E-state index contributed by atoms with van der Waals surface area (Å²) >= 11 is 3.06. The molecule has 6 nitrogen and oxygen atoms in total. The standard InChI is InChI=1S/C12H10BrNO5S/c13-11-4-3-9(6-10(11)12(15)16)20(17,18)14-7-8-2-1-5-19-8/h1-6,14H,7H2,(H,15,16). The lowest BCUT2D eigenvalue weighted by molar-refractivity contribution is 0.0695. The Morgan fingerprint density at radius 1 is 1.35 bits per heavy atom. The van der Waals surface area contributed by atoms with Crippen molar-refractivity contribution in [3.05, 3.63) is 52.4 Å². The molecule has 2 N–H and O–H groups in total. The maximum Gasteiger partial charge on any atom is 0.336 e. The van der Waals surface area contributed by atoms with Crippen LogP contribution < -0.4 is 4.72 Å². The third-order valence-electron chi connectivity index (χ3n) is 2.50. The molecule has 0 atom stereocenters. The van der Waals surface area contributed by atoms with Crippen molar-refractivity contribution in [2.24, 2.45) is 0 Å². The van der Waals surface area contributed by atoms with Crippen LogP contribution in [0.3, 0.4) is 0 Å². The Hall–Kier alpha value is -1.64. The summed E-state index contributed by atoms with van der Waals surface area (Å²) in [5, 5.41) is 8.98. The lowest BCUT2D eigenvalue weighted by atomic mass is 10.2. The predicted octanol–water partition coefficient (Wildman–Crippen LogP) is 2.22. The Kier molecular flexibility index (Phi) is 4.26. The molecule has 0 bridgehead atoms. The van der Waals surface area contributed by atoms with Gasteiger partial charge in [0.1, 0.15) is 5.76 Å². The van der Waals surface area contributed by atoms with Crippen molar-refractivity contribution < 1.29 is 22.7 Å². The van der Waals surface area contributed by atoms with E-state index in [1.165, 1.54) is 18.4 Å². The number of rotatable bonds is 5. The number of halogens is 1. The van der Waals surface area contributed by atoms with E-state index in [1.54, 1.807) is 12.1 Å².